The highest BCUT2D eigenvalue weighted by Crippen LogP contribution is 2.35. The molecule has 190 valence electrons. The number of ether oxygens (including phenoxy) is 2. The molecule has 0 bridgehead atoms. The van der Waals surface area contributed by atoms with E-state index in [4.69, 9.17) is 31.0 Å². The number of benzene rings is 1. The smallest absolute Gasteiger partial charge is 0.410 e. The van der Waals surface area contributed by atoms with Gasteiger partial charge in [0.1, 0.15) is 22.9 Å². The van der Waals surface area contributed by atoms with Gasteiger partial charge in [-0.3, -0.25) is 9.97 Å². The minimum atomic E-state index is -0.519. The molecular formula is C27H32ClN5O3. The molecule has 0 aliphatic carbocycles. The van der Waals surface area contributed by atoms with Crippen molar-refractivity contribution in [2.75, 3.05) is 37.7 Å². The molecule has 8 nitrogen and oxygen atoms in total. The third-order valence-corrected chi connectivity index (χ3v) is 5.94. The number of carbonyl (C=O) groups excluding carboxylic acids is 1. The predicted molar refractivity (Wildman–Crippen MR) is 142 cm³/mol. The third kappa shape index (κ3) is 6.23. The summed E-state index contributed by atoms with van der Waals surface area (Å²) in [6.45, 7) is 10.7. The Labute approximate surface area is 217 Å². The second-order valence-electron chi connectivity index (χ2n) is 9.61. The monoisotopic (exact) mass is 509 g/mol. The SMILES string of the molecule is CCCOc1ccc(-c2ncc(N3CCN(C(=O)OC(C)(C)C)CC3)nc2-c2ccncc2Cl)cc1. The molecule has 0 radical (unpaired) electrons. The Kier molecular flexibility index (Phi) is 7.94. The minimum Gasteiger partial charge on any atom is -0.494 e. The topological polar surface area (TPSA) is 80.7 Å². The number of pyridine rings is 1. The first-order chi connectivity index (χ1) is 17.2. The summed E-state index contributed by atoms with van der Waals surface area (Å²) in [6, 6.07) is 9.68. The van der Waals surface area contributed by atoms with Gasteiger partial charge in [-0.2, -0.15) is 0 Å². The van der Waals surface area contributed by atoms with E-state index in [9.17, 15) is 4.79 Å². The van der Waals surface area contributed by atoms with Crippen LogP contribution < -0.4 is 9.64 Å². The van der Waals surface area contributed by atoms with E-state index in [0.29, 0.717) is 43.5 Å². The predicted octanol–water partition coefficient (Wildman–Crippen LogP) is 5.70. The van der Waals surface area contributed by atoms with Crippen molar-refractivity contribution in [1.82, 2.24) is 19.9 Å². The average molecular weight is 510 g/mol. The zero-order valence-electron chi connectivity index (χ0n) is 21.2. The number of anilines is 1. The van der Waals surface area contributed by atoms with E-state index in [-0.39, 0.29) is 6.09 Å². The van der Waals surface area contributed by atoms with Crippen LogP contribution in [0.1, 0.15) is 34.1 Å². The van der Waals surface area contributed by atoms with Crippen molar-refractivity contribution in [3.05, 3.63) is 53.9 Å². The van der Waals surface area contributed by atoms with Gasteiger partial charge in [-0.25, -0.2) is 9.78 Å². The summed E-state index contributed by atoms with van der Waals surface area (Å²) in [6.07, 6.45) is 5.74. The highest BCUT2D eigenvalue weighted by Gasteiger charge is 2.27. The van der Waals surface area contributed by atoms with Crippen molar-refractivity contribution in [2.45, 2.75) is 39.7 Å². The standard InChI is InChI=1S/C27H32ClN5O3/c1-5-16-35-20-8-6-19(7-9-20)24-25(21-10-11-29-17-22(21)28)31-23(18-30-24)32-12-14-33(15-13-32)26(34)36-27(2,3)4/h6-11,17-18H,5,12-16H2,1-4H3. The quantitative estimate of drug-likeness (QED) is 0.421. The van der Waals surface area contributed by atoms with E-state index in [1.165, 1.54) is 0 Å². The number of hydrogen-bond donors (Lipinski definition) is 0. The van der Waals surface area contributed by atoms with Gasteiger partial charge in [0.25, 0.3) is 0 Å². The third-order valence-electron chi connectivity index (χ3n) is 5.64. The molecule has 1 aliphatic heterocycles. The first-order valence-corrected chi connectivity index (χ1v) is 12.6. The zero-order chi connectivity index (χ0) is 25.7. The molecule has 3 heterocycles. The lowest BCUT2D eigenvalue weighted by Gasteiger charge is -2.36. The molecule has 0 saturated carbocycles. The lowest BCUT2D eigenvalue weighted by Crippen LogP contribution is -2.50. The summed E-state index contributed by atoms with van der Waals surface area (Å²) in [5.41, 5.74) is 2.55. The van der Waals surface area contributed by atoms with Crippen molar-refractivity contribution in [3.63, 3.8) is 0 Å². The van der Waals surface area contributed by atoms with Gasteiger partial charge in [-0.05, 0) is 57.5 Å². The summed E-state index contributed by atoms with van der Waals surface area (Å²) in [4.78, 5) is 30.2. The molecule has 9 heteroatoms. The molecule has 1 amide bonds. The van der Waals surface area contributed by atoms with Gasteiger partial charge in [-0.15, -0.1) is 0 Å². The molecule has 0 spiro atoms. The normalized spacial score (nSPS) is 14.0. The molecule has 1 fully saturated rings. The molecule has 36 heavy (non-hydrogen) atoms. The molecule has 0 N–H and O–H groups in total. The Morgan fingerprint density at radius 3 is 2.39 bits per heavy atom. The van der Waals surface area contributed by atoms with Crippen molar-refractivity contribution in [1.29, 1.82) is 0 Å². The van der Waals surface area contributed by atoms with Crippen LogP contribution in [0.2, 0.25) is 5.02 Å². The molecule has 1 saturated heterocycles. The van der Waals surface area contributed by atoms with Gasteiger partial charge in [-0.1, -0.05) is 18.5 Å². The summed E-state index contributed by atoms with van der Waals surface area (Å²) in [7, 11) is 0. The second-order valence-corrected chi connectivity index (χ2v) is 10.0. The first kappa shape index (κ1) is 25.7. The van der Waals surface area contributed by atoms with E-state index >= 15 is 0 Å². The number of aromatic nitrogens is 3. The Morgan fingerprint density at radius 2 is 1.75 bits per heavy atom. The average Bonchev–Trinajstić information content (AvgIpc) is 2.87. The van der Waals surface area contributed by atoms with Crippen LogP contribution in [-0.2, 0) is 4.74 Å². The number of halogens is 1. The highest BCUT2D eigenvalue weighted by atomic mass is 35.5. The van der Waals surface area contributed by atoms with E-state index in [1.807, 2.05) is 51.1 Å². The molecule has 1 aromatic carbocycles. The number of rotatable bonds is 6. The van der Waals surface area contributed by atoms with Gasteiger partial charge in [0.05, 0.1) is 23.5 Å². The summed E-state index contributed by atoms with van der Waals surface area (Å²) < 4.78 is 11.2. The van der Waals surface area contributed by atoms with Crippen molar-refractivity contribution < 1.29 is 14.3 Å². The zero-order valence-corrected chi connectivity index (χ0v) is 22.0. The Hall–Kier alpha value is -3.39. The van der Waals surface area contributed by atoms with Crippen LogP contribution in [0.25, 0.3) is 22.5 Å². The van der Waals surface area contributed by atoms with Crippen molar-refractivity contribution >= 4 is 23.5 Å². The number of nitrogens with zero attached hydrogens (tertiary/aromatic N) is 5. The van der Waals surface area contributed by atoms with Crippen molar-refractivity contribution in [3.8, 4) is 28.3 Å². The highest BCUT2D eigenvalue weighted by molar-refractivity contribution is 6.33. The van der Waals surface area contributed by atoms with Gasteiger partial charge >= 0.3 is 6.09 Å². The summed E-state index contributed by atoms with van der Waals surface area (Å²) in [5, 5.41) is 0.503. The summed E-state index contributed by atoms with van der Waals surface area (Å²) in [5.74, 6) is 1.55. The fourth-order valence-electron chi connectivity index (χ4n) is 3.87. The van der Waals surface area contributed by atoms with Gasteiger partial charge < -0.3 is 19.3 Å². The van der Waals surface area contributed by atoms with Gasteiger partial charge in [0.2, 0.25) is 0 Å². The van der Waals surface area contributed by atoms with Crippen LogP contribution in [0.15, 0.2) is 48.9 Å². The van der Waals surface area contributed by atoms with Crippen LogP contribution in [0.5, 0.6) is 5.75 Å². The maximum Gasteiger partial charge on any atom is 0.410 e. The summed E-state index contributed by atoms with van der Waals surface area (Å²) >= 11 is 6.52. The molecule has 3 aromatic rings. The lowest BCUT2D eigenvalue weighted by molar-refractivity contribution is 0.0240. The van der Waals surface area contributed by atoms with Gasteiger partial charge in [0, 0.05) is 49.7 Å². The molecule has 0 atom stereocenters. The minimum absolute atomic E-state index is 0.292. The Bertz CT molecular complexity index is 1190. The second kappa shape index (κ2) is 11.1. The largest absolute Gasteiger partial charge is 0.494 e. The Morgan fingerprint density at radius 1 is 1.03 bits per heavy atom. The van der Waals surface area contributed by atoms with Crippen LogP contribution in [0.4, 0.5) is 10.6 Å². The molecule has 4 rings (SSSR count). The number of carbonyl (C=O) groups is 1. The number of hydrogen-bond acceptors (Lipinski definition) is 7. The molecule has 0 unspecified atom stereocenters. The fraction of sp³-hybridized carbons (Fsp3) is 0.407. The molecular weight excluding hydrogens is 478 g/mol. The molecule has 2 aromatic heterocycles. The van der Waals surface area contributed by atoms with E-state index in [0.717, 1.165) is 34.8 Å². The van der Waals surface area contributed by atoms with Crippen LogP contribution >= 0.6 is 11.6 Å². The van der Waals surface area contributed by atoms with E-state index in [2.05, 4.69) is 16.8 Å². The lowest BCUT2D eigenvalue weighted by atomic mass is 10.0. The van der Waals surface area contributed by atoms with Crippen LogP contribution in [0.3, 0.4) is 0 Å². The Balaban J connectivity index is 1.60. The first-order valence-electron chi connectivity index (χ1n) is 12.2. The van der Waals surface area contributed by atoms with Crippen LogP contribution in [0, 0.1) is 0 Å². The van der Waals surface area contributed by atoms with Gasteiger partial charge in [0.15, 0.2) is 0 Å². The molecule has 1 aliphatic rings. The fourth-order valence-corrected chi connectivity index (χ4v) is 4.08. The van der Waals surface area contributed by atoms with Crippen molar-refractivity contribution in [2.24, 2.45) is 0 Å². The number of amides is 1. The maximum atomic E-state index is 12.4. The number of piperazine rings is 1. The maximum absolute atomic E-state index is 12.4. The van der Waals surface area contributed by atoms with Crippen LogP contribution in [-0.4, -0.2) is 64.3 Å². The van der Waals surface area contributed by atoms with E-state index in [1.54, 1.807) is 23.5 Å². The van der Waals surface area contributed by atoms with E-state index < -0.39 is 5.60 Å².